The van der Waals surface area contributed by atoms with Crippen LogP contribution in [0.1, 0.15) is 56.2 Å². The number of aliphatic hydroxyl groups is 1. The summed E-state index contributed by atoms with van der Waals surface area (Å²) in [5.41, 5.74) is -1.08. The van der Waals surface area contributed by atoms with Crippen molar-refractivity contribution in [2.24, 2.45) is 17.8 Å². The Morgan fingerprint density at radius 1 is 1.47 bits per heavy atom. The van der Waals surface area contributed by atoms with Crippen LogP contribution in [0.15, 0.2) is 16.7 Å². The van der Waals surface area contributed by atoms with Crippen LogP contribution < -0.4 is 0 Å². The van der Waals surface area contributed by atoms with Crippen LogP contribution in [0.2, 0.25) is 0 Å². The van der Waals surface area contributed by atoms with Gasteiger partial charge in [0.05, 0.1) is 6.26 Å². The van der Waals surface area contributed by atoms with Gasteiger partial charge in [0.2, 0.25) is 0 Å². The molecule has 4 heteroatoms. The largest absolute Gasteiger partial charge is 0.478 e. The minimum atomic E-state index is -1.16. The second-order valence-corrected chi connectivity index (χ2v) is 6.13. The summed E-state index contributed by atoms with van der Waals surface area (Å²) in [6, 6.07) is 1.42. The summed E-state index contributed by atoms with van der Waals surface area (Å²) in [4.78, 5) is 11.3. The van der Waals surface area contributed by atoms with Crippen molar-refractivity contribution in [3.05, 3.63) is 23.7 Å². The van der Waals surface area contributed by atoms with Crippen LogP contribution in [0.5, 0.6) is 0 Å². The summed E-state index contributed by atoms with van der Waals surface area (Å²) in [5, 5.41) is 20.3. The lowest BCUT2D eigenvalue weighted by molar-refractivity contribution is -0.101. The van der Waals surface area contributed by atoms with E-state index in [1.54, 1.807) is 0 Å². The van der Waals surface area contributed by atoms with Gasteiger partial charge in [-0.2, -0.15) is 0 Å². The van der Waals surface area contributed by atoms with Gasteiger partial charge < -0.3 is 14.6 Å². The molecule has 1 aromatic rings. The topological polar surface area (TPSA) is 70.7 Å². The van der Waals surface area contributed by atoms with Gasteiger partial charge in [-0.1, -0.05) is 27.2 Å². The van der Waals surface area contributed by atoms with Gasteiger partial charge in [0.1, 0.15) is 16.9 Å². The molecule has 1 heterocycles. The molecule has 0 radical (unpaired) electrons. The molecule has 2 N–H and O–H groups in total. The maximum atomic E-state index is 11.3. The highest BCUT2D eigenvalue weighted by molar-refractivity contribution is 5.89. The fraction of sp³-hybridized carbons (Fsp3) is 0.667. The van der Waals surface area contributed by atoms with Crippen molar-refractivity contribution < 1.29 is 19.4 Å². The van der Waals surface area contributed by atoms with E-state index in [4.69, 9.17) is 4.42 Å². The SMILES string of the molecule is CC1CCC(C(C)C)C(O)(c2occc2C(=O)O)C1. The highest BCUT2D eigenvalue weighted by atomic mass is 16.4. The highest BCUT2D eigenvalue weighted by Crippen LogP contribution is 2.48. The van der Waals surface area contributed by atoms with Gasteiger partial charge in [0.15, 0.2) is 0 Å². The Morgan fingerprint density at radius 3 is 2.74 bits per heavy atom. The standard InChI is InChI=1S/C15H22O4/c1-9(2)12-5-4-10(3)8-15(12,18)13-11(14(16)17)6-7-19-13/h6-7,9-10,12,18H,4-5,8H2,1-3H3,(H,16,17). The molecule has 0 saturated heterocycles. The highest BCUT2D eigenvalue weighted by Gasteiger charge is 2.48. The normalized spacial score (nSPS) is 31.6. The third-order valence-electron chi connectivity index (χ3n) is 4.34. The fourth-order valence-electron chi connectivity index (χ4n) is 3.45. The molecule has 3 unspecified atom stereocenters. The van der Waals surface area contributed by atoms with Crippen LogP contribution in [0.25, 0.3) is 0 Å². The molecule has 0 aliphatic heterocycles. The first-order chi connectivity index (χ1) is 8.86. The van der Waals surface area contributed by atoms with E-state index < -0.39 is 11.6 Å². The van der Waals surface area contributed by atoms with Crippen LogP contribution in [-0.4, -0.2) is 16.2 Å². The average molecular weight is 266 g/mol. The molecule has 1 aliphatic rings. The number of carboxylic acid groups (broad SMARTS) is 1. The molecule has 0 aromatic carbocycles. The monoisotopic (exact) mass is 266 g/mol. The van der Waals surface area contributed by atoms with Crippen molar-refractivity contribution in [1.29, 1.82) is 0 Å². The number of carboxylic acids is 1. The zero-order valence-corrected chi connectivity index (χ0v) is 11.7. The molecule has 1 aliphatic carbocycles. The van der Waals surface area contributed by atoms with Crippen molar-refractivity contribution in [1.82, 2.24) is 0 Å². The molecule has 1 fully saturated rings. The van der Waals surface area contributed by atoms with E-state index in [9.17, 15) is 15.0 Å². The molecule has 106 valence electrons. The summed E-state index contributed by atoms with van der Waals surface area (Å²) in [7, 11) is 0. The summed E-state index contributed by atoms with van der Waals surface area (Å²) in [6.07, 6.45) is 3.88. The Hall–Kier alpha value is -1.29. The molecule has 0 bridgehead atoms. The van der Waals surface area contributed by atoms with Gasteiger partial charge in [0, 0.05) is 0 Å². The third-order valence-corrected chi connectivity index (χ3v) is 4.34. The first-order valence-corrected chi connectivity index (χ1v) is 6.90. The number of carbonyl (C=O) groups is 1. The first kappa shape index (κ1) is 14.1. The lowest BCUT2D eigenvalue weighted by atomic mass is 9.65. The van der Waals surface area contributed by atoms with Gasteiger partial charge in [-0.15, -0.1) is 0 Å². The Bertz CT molecular complexity index is 462. The number of rotatable bonds is 3. The van der Waals surface area contributed by atoms with Crippen molar-refractivity contribution in [3.8, 4) is 0 Å². The van der Waals surface area contributed by atoms with Crippen molar-refractivity contribution >= 4 is 5.97 Å². The molecule has 1 aromatic heterocycles. The molecule has 1 saturated carbocycles. The van der Waals surface area contributed by atoms with E-state index in [0.717, 1.165) is 12.8 Å². The van der Waals surface area contributed by atoms with Crippen molar-refractivity contribution in [2.75, 3.05) is 0 Å². The zero-order valence-electron chi connectivity index (χ0n) is 11.7. The molecular weight excluding hydrogens is 244 g/mol. The second-order valence-electron chi connectivity index (χ2n) is 6.13. The average Bonchev–Trinajstić information content (AvgIpc) is 2.77. The summed E-state index contributed by atoms with van der Waals surface area (Å²) >= 11 is 0. The quantitative estimate of drug-likeness (QED) is 0.881. The maximum absolute atomic E-state index is 11.3. The van der Waals surface area contributed by atoms with Crippen LogP contribution in [0.3, 0.4) is 0 Å². The Balaban J connectivity index is 2.46. The van der Waals surface area contributed by atoms with E-state index in [1.807, 2.05) is 0 Å². The molecule has 0 amide bonds. The van der Waals surface area contributed by atoms with Crippen molar-refractivity contribution in [3.63, 3.8) is 0 Å². The lowest BCUT2D eigenvalue weighted by Crippen LogP contribution is -2.43. The zero-order chi connectivity index (χ0) is 14.2. The number of aromatic carboxylic acids is 1. The van der Waals surface area contributed by atoms with Crippen LogP contribution in [-0.2, 0) is 5.60 Å². The van der Waals surface area contributed by atoms with E-state index >= 15 is 0 Å². The van der Waals surface area contributed by atoms with Gasteiger partial charge in [-0.3, -0.25) is 0 Å². The number of hydrogen-bond acceptors (Lipinski definition) is 3. The van der Waals surface area contributed by atoms with E-state index in [2.05, 4.69) is 20.8 Å². The van der Waals surface area contributed by atoms with Gasteiger partial charge in [-0.25, -0.2) is 4.79 Å². The Kier molecular flexibility index (Phi) is 3.72. The predicted molar refractivity (Wildman–Crippen MR) is 70.9 cm³/mol. The summed E-state index contributed by atoms with van der Waals surface area (Å²) in [5.74, 6) is -0.132. The van der Waals surface area contributed by atoms with Crippen LogP contribution in [0.4, 0.5) is 0 Å². The Labute approximate surface area is 113 Å². The molecule has 3 atom stereocenters. The van der Waals surface area contributed by atoms with Crippen LogP contribution >= 0.6 is 0 Å². The number of hydrogen-bond donors (Lipinski definition) is 2. The summed E-state index contributed by atoms with van der Waals surface area (Å²) in [6.45, 7) is 6.22. The molecule has 2 rings (SSSR count). The molecular formula is C15H22O4. The van der Waals surface area contributed by atoms with Gasteiger partial charge in [0.25, 0.3) is 0 Å². The van der Waals surface area contributed by atoms with Gasteiger partial charge in [-0.05, 0) is 36.7 Å². The molecule has 19 heavy (non-hydrogen) atoms. The Morgan fingerprint density at radius 2 is 2.16 bits per heavy atom. The minimum absolute atomic E-state index is 0.0351. The van der Waals surface area contributed by atoms with Crippen LogP contribution in [0, 0.1) is 17.8 Å². The second kappa shape index (κ2) is 5.00. The lowest BCUT2D eigenvalue weighted by Gasteiger charge is -2.43. The maximum Gasteiger partial charge on any atom is 0.339 e. The first-order valence-electron chi connectivity index (χ1n) is 6.90. The molecule has 0 spiro atoms. The molecule has 4 nitrogen and oxygen atoms in total. The van der Waals surface area contributed by atoms with Crippen molar-refractivity contribution in [2.45, 2.75) is 45.6 Å². The fourth-order valence-corrected chi connectivity index (χ4v) is 3.45. The summed E-state index contributed by atoms with van der Waals surface area (Å²) < 4.78 is 5.37. The third kappa shape index (κ3) is 2.41. The van der Waals surface area contributed by atoms with E-state index in [-0.39, 0.29) is 23.2 Å². The van der Waals surface area contributed by atoms with E-state index in [1.165, 1.54) is 12.3 Å². The predicted octanol–water partition coefficient (Wildman–Crippen LogP) is 3.26. The van der Waals surface area contributed by atoms with E-state index in [0.29, 0.717) is 12.3 Å². The number of furan rings is 1. The smallest absolute Gasteiger partial charge is 0.339 e. The minimum Gasteiger partial charge on any atom is -0.478 e. The van der Waals surface area contributed by atoms with Gasteiger partial charge >= 0.3 is 5.97 Å².